The SMILES string of the molecule is c1ccc2c(c1)CCCN(CC1CCNCC1)C2. The Hall–Kier alpha value is -0.860. The molecule has 3 rings (SSSR count). The Kier molecular flexibility index (Phi) is 3.96. The zero-order valence-electron chi connectivity index (χ0n) is 11.2. The van der Waals surface area contributed by atoms with E-state index in [1.807, 2.05) is 0 Å². The number of benzene rings is 1. The van der Waals surface area contributed by atoms with Crippen LogP contribution < -0.4 is 5.32 Å². The van der Waals surface area contributed by atoms with E-state index in [1.54, 1.807) is 11.1 Å². The van der Waals surface area contributed by atoms with Gasteiger partial charge in [0.25, 0.3) is 0 Å². The van der Waals surface area contributed by atoms with Crippen LogP contribution in [0.2, 0.25) is 0 Å². The van der Waals surface area contributed by atoms with Crippen molar-refractivity contribution in [2.24, 2.45) is 5.92 Å². The summed E-state index contributed by atoms with van der Waals surface area (Å²) in [5.41, 5.74) is 3.13. The molecule has 0 aliphatic carbocycles. The molecule has 1 fully saturated rings. The van der Waals surface area contributed by atoms with Crippen LogP contribution in [0.5, 0.6) is 0 Å². The summed E-state index contributed by atoms with van der Waals surface area (Å²) in [7, 11) is 0. The van der Waals surface area contributed by atoms with Crippen LogP contribution in [0.4, 0.5) is 0 Å². The highest BCUT2D eigenvalue weighted by molar-refractivity contribution is 5.28. The van der Waals surface area contributed by atoms with Crippen molar-refractivity contribution < 1.29 is 0 Å². The van der Waals surface area contributed by atoms with Gasteiger partial charge in [0.15, 0.2) is 0 Å². The zero-order chi connectivity index (χ0) is 12.2. The topological polar surface area (TPSA) is 15.3 Å². The average molecular weight is 244 g/mol. The van der Waals surface area contributed by atoms with Crippen molar-refractivity contribution in [3.63, 3.8) is 0 Å². The first-order valence-electron chi connectivity index (χ1n) is 7.41. The summed E-state index contributed by atoms with van der Waals surface area (Å²) >= 11 is 0. The predicted octanol–water partition coefficient (Wildman–Crippen LogP) is 2.43. The maximum absolute atomic E-state index is 3.46. The standard InChI is InChI=1S/C16H24N2/c1-2-5-16-13-18(11-3-6-15(16)4-1)12-14-7-9-17-10-8-14/h1-2,4-5,14,17H,3,6-13H2. The van der Waals surface area contributed by atoms with Gasteiger partial charge in [-0.3, -0.25) is 4.90 Å². The van der Waals surface area contributed by atoms with Crippen LogP contribution in [-0.2, 0) is 13.0 Å². The summed E-state index contributed by atoms with van der Waals surface area (Å²) in [5, 5.41) is 3.46. The molecule has 18 heavy (non-hydrogen) atoms. The largest absolute Gasteiger partial charge is 0.317 e. The van der Waals surface area contributed by atoms with E-state index in [2.05, 4.69) is 34.5 Å². The van der Waals surface area contributed by atoms with Crippen LogP contribution in [0.1, 0.15) is 30.4 Å². The van der Waals surface area contributed by atoms with Crippen LogP contribution in [0.25, 0.3) is 0 Å². The molecular weight excluding hydrogens is 220 g/mol. The van der Waals surface area contributed by atoms with E-state index >= 15 is 0 Å². The van der Waals surface area contributed by atoms with Gasteiger partial charge in [0.1, 0.15) is 0 Å². The van der Waals surface area contributed by atoms with Crippen molar-refractivity contribution in [2.45, 2.75) is 32.2 Å². The minimum absolute atomic E-state index is 0.913. The summed E-state index contributed by atoms with van der Waals surface area (Å²) < 4.78 is 0. The summed E-state index contributed by atoms with van der Waals surface area (Å²) in [6.45, 7) is 6.18. The molecule has 2 heterocycles. The van der Waals surface area contributed by atoms with Crippen molar-refractivity contribution >= 4 is 0 Å². The number of hydrogen-bond acceptors (Lipinski definition) is 2. The molecule has 2 aliphatic rings. The van der Waals surface area contributed by atoms with E-state index in [1.165, 1.54) is 58.4 Å². The minimum atomic E-state index is 0.913. The van der Waals surface area contributed by atoms with Gasteiger partial charge in [-0.15, -0.1) is 0 Å². The van der Waals surface area contributed by atoms with Crippen LogP contribution in [0.3, 0.4) is 0 Å². The molecule has 98 valence electrons. The summed E-state index contributed by atoms with van der Waals surface area (Å²) in [6.07, 6.45) is 5.30. The summed E-state index contributed by atoms with van der Waals surface area (Å²) in [5.74, 6) is 0.913. The first-order chi connectivity index (χ1) is 8.92. The van der Waals surface area contributed by atoms with Gasteiger partial charge in [-0.25, -0.2) is 0 Å². The number of aryl methyl sites for hydroxylation is 1. The van der Waals surface area contributed by atoms with Crippen LogP contribution in [-0.4, -0.2) is 31.1 Å². The van der Waals surface area contributed by atoms with E-state index in [4.69, 9.17) is 0 Å². The van der Waals surface area contributed by atoms with Gasteiger partial charge in [-0.2, -0.15) is 0 Å². The molecular formula is C16H24N2. The smallest absolute Gasteiger partial charge is 0.0236 e. The lowest BCUT2D eigenvalue weighted by Gasteiger charge is -2.29. The fourth-order valence-electron chi connectivity index (χ4n) is 3.35. The number of rotatable bonds is 2. The molecule has 1 saturated heterocycles. The van der Waals surface area contributed by atoms with Gasteiger partial charge in [0.05, 0.1) is 0 Å². The van der Waals surface area contributed by atoms with E-state index in [9.17, 15) is 0 Å². The third kappa shape index (κ3) is 2.93. The molecule has 0 saturated carbocycles. The fourth-order valence-corrected chi connectivity index (χ4v) is 3.35. The maximum Gasteiger partial charge on any atom is 0.0236 e. The molecule has 0 spiro atoms. The second-order valence-electron chi connectivity index (χ2n) is 5.80. The molecule has 2 aliphatic heterocycles. The van der Waals surface area contributed by atoms with Gasteiger partial charge in [0.2, 0.25) is 0 Å². The minimum Gasteiger partial charge on any atom is -0.317 e. The monoisotopic (exact) mass is 244 g/mol. The van der Waals surface area contributed by atoms with Crippen LogP contribution >= 0.6 is 0 Å². The Morgan fingerprint density at radius 2 is 1.89 bits per heavy atom. The first kappa shape index (κ1) is 12.2. The predicted molar refractivity (Wildman–Crippen MR) is 75.6 cm³/mol. The Balaban J connectivity index is 1.63. The van der Waals surface area contributed by atoms with Crippen molar-refractivity contribution in [1.82, 2.24) is 10.2 Å². The Morgan fingerprint density at radius 1 is 1.11 bits per heavy atom. The van der Waals surface area contributed by atoms with Gasteiger partial charge in [0, 0.05) is 13.1 Å². The van der Waals surface area contributed by atoms with Crippen LogP contribution in [0.15, 0.2) is 24.3 Å². The third-order valence-corrected chi connectivity index (χ3v) is 4.41. The highest BCUT2D eigenvalue weighted by Crippen LogP contribution is 2.21. The summed E-state index contributed by atoms with van der Waals surface area (Å²) in [4.78, 5) is 2.68. The lowest BCUT2D eigenvalue weighted by Crippen LogP contribution is -2.36. The van der Waals surface area contributed by atoms with E-state index in [0.717, 1.165) is 5.92 Å². The molecule has 2 nitrogen and oxygen atoms in total. The number of hydrogen-bond donors (Lipinski definition) is 1. The Bertz CT molecular complexity index is 382. The number of nitrogens with one attached hydrogen (secondary N) is 1. The van der Waals surface area contributed by atoms with Gasteiger partial charge in [-0.05, 0) is 62.4 Å². The molecule has 1 aromatic carbocycles. The molecule has 2 heteroatoms. The molecule has 1 aromatic rings. The lowest BCUT2D eigenvalue weighted by molar-refractivity contribution is 0.201. The van der Waals surface area contributed by atoms with E-state index in [0.29, 0.717) is 0 Å². The van der Waals surface area contributed by atoms with Gasteiger partial charge in [-0.1, -0.05) is 24.3 Å². The number of fused-ring (bicyclic) bond motifs is 1. The molecule has 0 bridgehead atoms. The van der Waals surface area contributed by atoms with Gasteiger partial charge >= 0.3 is 0 Å². The van der Waals surface area contributed by atoms with Gasteiger partial charge < -0.3 is 5.32 Å². The molecule has 0 unspecified atom stereocenters. The second kappa shape index (κ2) is 5.85. The average Bonchev–Trinajstić information content (AvgIpc) is 2.61. The number of piperidine rings is 1. The molecule has 0 radical (unpaired) electrons. The molecule has 0 aromatic heterocycles. The Morgan fingerprint density at radius 3 is 2.72 bits per heavy atom. The highest BCUT2D eigenvalue weighted by atomic mass is 15.1. The van der Waals surface area contributed by atoms with Crippen molar-refractivity contribution in [1.29, 1.82) is 0 Å². The van der Waals surface area contributed by atoms with Crippen molar-refractivity contribution in [2.75, 3.05) is 26.2 Å². The van der Waals surface area contributed by atoms with E-state index in [-0.39, 0.29) is 0 Å². The van der Waals surface area contributed by atoms with E-state index < -0.39 is 0 Å². The van der Waals surface area contributed by atoms with Crippen molar-refractivity contribution in [3.05, 3.63) is 35.4 Å². The fraction of sp³-hybridized carbons (Fsp3) is 0.625. The highest BCUT2D eigenvalue weighted by Gasteiger charge is 2.19. The normalized spacial score (nSPS) is 22.4. The second-order valence-corrected chi connectivity index (χ2v) is 5.80. The molecule has 0 amide bonds. The Labute approximate surface area is 110 Å². The van der Waals surface area contributed by atoms with Crippen molar-refractivity contribution in [3.8, 4) is 0 Å². The lowest BCUT2D eigenvalue weighted by atomic mass is 9.97. The quantitative estimate of drug-likeness (QED) is 0.859. The van der Waals surface area contributed by atoms with Crippen LogP contribution in [0, 0.1) is 5.92 Å². The number of nitrogens with zero attached hydrogens (tertiary/aromatic N) is 1. The molecule has 1 N–H and O–H groups in total. The zero-order valence-corrected chi connectivity index (χ0v) is 11.2. The first-order valence-corrected chi connectivity index (χ1v) is 7.41. The molecule has 0 atom stereocenters. The summed E-state index contributed by atoms with van der Waals surface area (Å²) in [6, 6.07) is 8.99. The third-order valence-electron chi connectivity index (χ3n) is 4.41. The maximum atomic E-state index is 3.46.